The SMILES string of the molecule is N#CC(C#N)=Cc1cccc2cccnc12. The first-order valence-corrected chi connectivity index (χ1v) is 4.71. The van der Waals surface area contributed by atoms with Crippen LogP contribution in [0.3, 0.4) is 0 Å². The van der Waals surface area contributed by atoms with Crippen LogP contribution in [-0.4, -0.2) is 4.98 Å². The van der Waals surface area contributed by atoms with Gasteiger partial charge in [0.2, 0.25) is 0 Å². The number of pyridine rings is 1. The second-order valence-corrected chi connectivity index (χ2v) is 3.20. The first-order valence-electron chi connectivity index (χ1n) is 4.71. The number of hydrogen-bond acceptors (Lipinski definition) is 3. The normalized spacial score (nSPS) is 9.12. The van der Waals surface area contributed by atoms with Gasteiger partial charge in [0.1, 0.15) is 17.7 Å². The number of hydrogen-bond donors (Lipinski definition) is 0. The molecule has 0 saturated carbocycles. The summed E-state index contributed by atoms with van der Waals surface area (Å²) in [6, 6.07) is 13.1. The van der Waals surface area contributed by atoms with E-state index in [-0.39, 0.29) is 5.57 Å². The van der Waals surface area contributed by atoms with Gasteiger partial charge in [0.15, 0.2) is 0 Å². The Hall–Kier alpha value is -2.65. The minimum absolute atomic E-state index is 0.0816. The highest BCUT2D eigenvalue weighted by Gasteiger charge is 2.00. The quantitative estimate of drug-likeness (QED) is 0.672. The van der Waals surface area contributed by atoms with E-state index in [1.165, 1.54) is 0 Å². The zero-order valence-corrected chi connectivity index (χ0v) is 8.38. The Bertz CT molecular complexity index is 621. The molecule has 0 spiro atoms. The number of nitriles is 2. The van der Waals surface area contributed by atoms with E-state index < -0.39 is 0 Å². The van der Waals surface area contributed by atoms with Crippen LogP contribution < -0.4 is 0 Å². The van der Waals surface area contributed by atoms with Gasteiger partial charge in [-0.15, -0.1) is 0 Å². The number of fused-ring (bicyclic) bond motifs is 1. The summed E-state index contributed by atoms with van der Waals surface area (Å²) in [6.07, 6.45) is 3.24. The predicted octanol–water partition coefficient (Wildman–Crippen LogP) is 2.67. The van der Waals surface area contributed by atoms with Crippen LogP contribution >= 0.6 is 0 Å². The van der Waals surface area contributed by atoms with E-state index in [0.29, 0.717) is 0 Å². The van der Waals surface area contributed by atoms with Crippen LogP contribution in [0.25, 0.3) is 17.0 Å². The van der Waals surface area contributed by atoms with Gasteiger partial charge in [0.05, 0.1) is 5.52 Å². The molecule has 3 nitrogen and oxygen atoms in total. The zero-order valence-electron chi connectivity index (χ0n) is 8.38. The smallest absolute Gasteiger partial charge is 0.130 e. The first-order chi connectivity index (χ1) is 7.85. The molecule has 0 amide bonds. The zero-order chi connectivity index (χ0) is 11.4. The number of aromatic nitrogens is 1. The Balaban J connectivity index is 2.68. The summed E-state index contributed by atoms with van der Waals surface area (Å²) in [5.74, 6) is 0. The Morgan fingerprint density at radius 2 is 1.88 bits per heavy atom. The van der Waals surface area contributed by atoms with Crippen LogP contribution in [0, 0.1) is 22.7 Å². The van der Waals surface area contributed by atoms with Crippen molar-refractivity contribution in [1.29, 1.82) is 10.5 Å². The molecule has 0 saturated heterocycles. The predicted molar refractivity (Wildman–Crippen MR) is 60.9 cm³/mol. The van der Waals surface area contributed by atoms with Crippen molar-refractivity contribution in [2.75, 3.05) is 0 Å². The molecule has 16 heavy (non-hydrogen) atoms. The maximum atomic E-state index is 8.70. The fraction of sp³-hybridized carbons (Fsp3) is 0. The summed E-state index contributed by atoms with van der Waals surface area (Å²) in [5, 5.41) is 18.4. The molecule has 0 bridgehead atoms. The topological polar surface area (TPSA) is 60.5 Å². The van der Waals surface area contributed by atoms with E-state index in [0.717, 1.165) is 16.5 Å². The van der Waals surface area contributed by atoms with E-state index in [1.54, 1.807) is 12.3 Å². The van der Waals surface area contributed by atoms with Crippen LogP contribution in [0.1, 0.15) is 5.56 Å². The first kappa shape index (κ1) is 9.89. The van der Waals surface area contributed by atoms with Crippen molar-refractivity contribution in [2.45, 2.75) is 0 Å². The van der Waals surface area contributed by atoms with E-state index in [9.17, 15) is 0 Å². The Labute approximate surface area is 92.9 Å². The summed E-state index contributed by atoms with van der Waals surface area (Å²) >= 11 is 0. The number of benzene rings is 1. The van der Waals surface area contributed by atoms with Gasteiger partial charge in [-0.2, -0.15) is 10.5 Å². The molecule has 1 heterocycles. The van der Waals surface area contributed by atoms with Crippen LogP contribution in [0.15, 0.2) is 42.1 Å². The molecular weight excluding hydrogens is 198 g/mol. The molecule has 0 radical (unpaired) electrons. The lowest BCUT2D eigenvalue weighted by Gasteiger charge is -1.99. The highest BCUT2D eigenvalue weighted by atomic mass is 14.6. The van der Waals surface area contributed by atoms with Crippen molar-refractivity contribution in [3.05, 3.63) is 47.7 Å². The van der Waals surface area contributed by atoms with Crippen molar-refractivity contribution >= 4 is 17.0 Å². The summed E-state index contributed by atoms with van der Waals surface area (Å²) < 4.78 is 0. The molecule has 0 atom stereocenters. The summed E-state index contributed by atoms with van der Waals surface area (Å²) in [7, 11) is 0. The van der Waals surface area contributed by atoms with Gasteiger partial charge in [-0.25, -0.2) is 0 Å². The minimum Gasteiger partial charge on any atom is -0.256 e. The molecule has 0 aliphatic heterocycles. The highest BCUT2D eigenvalue weighted by molar-refractivity contribution is 5.88. The van der Waals surface area contributed by atoms with E-state index in [2.05, 4.69) is 4.98 Å². The minimum atomic E-state index is 0.0816. The third kappa shape index (κ3) is 1.75. The maximum absolute atomic E-state index is 8.70. The van der Waals surface area contributed by atoms with Crippen LogP contribution in [0.5, 0.6) is 0 Å². The largest absolute Gasteiger partial charge is 0.256 e. The van der Waals surface area contributed by atoms with Crippen molar-refractivity contribution in [1.82, 2.24) is 4.98 Å². The summed E-state index contributed by atoms with van der Waals surface area (Å²) in [5.41, 5.74) is 1.67. The van der Waals surface area contributed by atoms with Crippen molar-refractivity contribution in [3.63, 3.8) is 0 Å². The number of allylic oxidation sites excluding steroid dienone is 1. The molecule has 0 N–H and O–H groups in total. The average molecular weight is 205 g/mol. The molecule has 0 aliphatic carbocycles. The van der Waals surface area contributed by atoms with Crippen LogP contribution in [0.4, 0.5) is 0 Å². The Morgan fingerprint density at radius 3 is 2.62 bits per heavy atom. The van der Waals surface area contributed by atoms with Gasteiger partial charge in [0.25, 0.3) is 0 Å². The van der Waals surface area contributed by atoms with E-state index in [1.807, 2.05) is 42.5 Å². The monoisotopic (exact) mass is 205 g/mol. The van der Waals surface area contributed by atoms with Crippen LogP contribution in [0.2, 0.25) is 0 Å². The van der Waals surface area contributed by atoms with Gasteiger partial charge >= 0.3 is 0 Å². The fourth-order valence-corrected chi connectivity index (χ4v) is 1.49. The third-order valence-electron chi connectivity index (χ3n) is 2.20. The molecule has 2 rings (SSSR count). The molecule has 0 unspecified atom stereocenters. The van der Waals surface area contributed by atoms with Crippen molar-refractivity contribution in [2.24, 2.45) is 0 Å². The Kier molecular flexibility index (Phi) is 2.63. The lowest BCUT2D eigenvalue weighted by Crippen LogP contribution is -1.83. The molecule has 1 aromatic heterocycles. The van der Waals surface area contributed by atoms with Gasteiger partial charge in [-0.3, -0.25) is 4.98 Å². The number of nitrogens with zero attached hydrogens (tertiary/aromatic N) is 3. The standard InChI is InChI=1S/C13H7N3/c14-8-10(9-15)7-12-4-1-3-11-5-2-6-16-13(11)12/h1-7H. The second kappa shape index (κ2) is 4.25. The molecule has 0 fully saturated rings. The molecular formula is C13H7N3. The van der Waals surface area contributed by atoms with Gasteiger partial charge in [-0.1, -0.05) is 24.3 Å². The lowest BCUT2D eigenvalue weighted by atomic mass is 10.1. The van der Waals surface area contributed by atoms with Gasteiger partial charge < -0.3 is 0 Å². The Morgan fingerprint density at radius 1 is 1.12 bits per heavy atom. The van der Waals surface area contributed by atoms with Crippen LogP contribution in [-0.2, 0) is 0 Å². The molecule has 0 aliphatic rings. The molecule has 3 heteroatoms. The molecule has 74 valence electrons. The molecule has 1 aromatic carbocycles. The van der Waals surface area contributed by atoms with Crippen molar-refractivity contribution < 1.29 is 0 Å². The molecule has 2 aromatic rings. The average Bonchev–Trinajstić information content (AvgIpc) is 2.36. The number of rotatable bonds is 1. The summed E-state index contributed by atoms with van der Waals surface area (Å²) in [6.45, 7) is 0. The highest BCUT2D eigenvalue weighted by Crippen LogP contribution is 2.18. The van der Waals surface area contributed by atoms with E-state index >= 15 is 0 Å². The van der Waals surface area contributed by atoms with E-state index in [4.69, 9.17) is 10.5 Å². The number of para-hydroxylation sites is 1. The van der Waals surface area contributed by atoms with Gasteiger partial charge in [-0.05, 0) is 12.1 Å². The van der Waals surface area contributed by atoms with Gasteiger partial charge in [0, 0.05) is 17.1 Å². The second-order valence-electron chi connectivity index (χ2n) is 3.20. The van der Waals surface area contributed by atoms with Crippen molar-refractivity contribution in [3.8, 4) is 12.1 Å². The lowest BCUT2D eigenvalue weighted by molar-refractivity contribution is 1.40. The third-order valence-corrected chi connectivity index (χ3v) is 2.20. The summed E-state index contributed by atoms with van der Waals surface area (Å²) in [4.78, 5) is 4.24. The maximum Gasteiger partial charge on any atom is 0.130 e. The fourth-order valence-electron chi connectivity index (χ4n) is 1.49.